The predicted octanol–water partition coefficient (Wildman–Crippen LogP) is 2.64. The molecule has 0 amide bonds. The van der Waals surface area contributed by atoms with Crippen molar-refractivity contribution in [2.45, 2.75) is 23.9 Å². The van der Waals surface area contributed by atoms with Crippen molar-refractivity contribution >= 4 is 21.6 Å². The van der Waals surface area contributed by atoms with Gasteiger partial charge in [-0.05, 0) is 44.0 Å². The maximum absolute atomic E-state index is 13.0. The normalized spacial score (nSPS) is 19.5. The Bertz CT molecular complexity index is 629. The van der Waals surface area contributed by atoms with E-state index in [-0.39, 0.29) is 6.54 Å². The molecular formula is C13H16ClF3N2O2S. The zero-order chi connectivity index (χ0) is 16.4. The van der Waals surface area contributed by atoms with E-state index >= 15 is 0 Å². The van der Waals surface area contributed by atoms with Gasteiger partial charge in [-0.25, -0.2) is 13.1 Å². The van der Waals surface area contributed by atoms with E-state index in [9.17, 15) is 21.6 Å². The summed E-state index contributed by atoms with van der Waals surface area (Å²) in [6, 6.07) is 2.92. The van der Waals surface area contributed by atoms with Crippen molar-refractivity contribution in [3.63, 3.8) is 0 Å². The van der Waals surface area contributed by atoms with Gasteiger partial charge in [0, 0.05) is 6.54 Å². The molecular weight excluding hydrogens is 341 g/mol. The summed E-state index contributed by atoms with van der Waals surface area (Å²) in [5.74, 6) is 0.330. The van der Waals surface area contributed by atoms with Crippen molar-refractivity contribution in [3.05, 3.63) is 28.8 Å². The number of nitrogens with one attached hydrogen (secondary N) is 2. The number of halogens is 4. The van der Waals surface area contributed by atoms with E-state index in [1.807, 2.05) is 0 Å². The van der Waals surface area contributed by atoms with Gasteiger partial charge in [-0.3, -0.25) is 0 Å². The Kier molecular flexibility index (Phi) is 5.37. The minimum absolute atomic E-state index is 0.0806. The molecule has 0 aromatic heterocycles. The molecule has 0 saturated carbocycles. The molecule has 0 aliphatic carbocycles. The van der Waals surface area contributed by atoms with Gasteiger partial charge in [-0.1, -0.05) is 17.7 Å². The Morgan fingerprint density at radius 1 is 1.36 bits per heavy atom. The molecule has 1 aliphatic rings. The maximum atomic E-state index is 13.0. The molecule has 22 heavy (non-hydrogen) atoms. The molecule has 1 atom stereocenters. The van der Waals surface area contributed by atoms with Crippen LogP contribution in [-0.4, -0.2) is 28.1 Å². The molecule has 1 saturated heterocycles. The average Bonchev–Trinajstić information content (AvgIpc) is 2.90. The third-order valence-electron chi connectivity index (χ3n) is 3.55. The zero-order valence-electron chi connectivity index (χ0n) is 11.6. The first-order chi connectivity index (χ1) is 10.2. The molecule has 0 radical (unpaired) electrons. The standard InChI is InChI=1S/C13H16ClF3N2O2S/c14-11-3-1-2-10(13(15,16)17)12(11)22(20,21)19-7-5-9-4-6-18-8-9/h1-3,9,18-19H,4-8H2. The molecule has 2 N–H and O–H groups in total. The average molecular weight is 357 g/mol. The zero-order valence-corrected chi connectivity index (χ0v) is 13.2. The van der Waals surface area contributed by atoms with E-state index in [1.54, 1.807) is 0 Å². The van der Waals surface area contributed by atoms with Crippen LogP contribution in [0.2, 0.25) is 5.02 Å². The van der Waals surface area contributed by atoms with Crippen LogP contribution in [-0.2, 0) is 16.2 Å². The van der Waals surface area contributed by atoms with Gasteiger partial charge in [-0.15, -0.1) is 0 Å². The second kappa shape index (κ2) is 6.74. The highest BCUT2D eigenvalue weighted by atomic mass is 35.5. The number of hydrogen-bond acceptors (Lipinski definition) is 3. The van der Waals surface area contributed by atoms with E-state index in [2.05, 4.69) is 10.0 Å². The molecule has 1 aliphatic heterocycles. The smallest absolute Gasteiger partial charge is 0.316 e. The third kappa shape index (κ3) is 4.13. The second-order valence-electron chi connectivity index (χ2n) is 5.16. The van der Waals surface area contributed by atoms with Gasteiger partial charge in [0.25, 0.3) is 0 Å². The minimum Gasteiger partial charge on any atom is -0.316 e. The summed E-state index contributed by atoms with van der Waals surface area (Å²) in [4.78, 5) is -0.909. The second-order valence-corrected chi connectivity index (χ2v) is 7.27. The quantitative estimate of drug-likeness (QED) is 0.852. The number of sulfonamides is 1. The lowest BCUT2D eigenvalue weighted by Crippen LogP contribution is -2.29. The van der Waals surface area contributed by atoms with E-state index in [0.717, 1.165) is 31.6 Å². The van der Waals surface area contributed by atoms with E-state index < -0.39 is 31.7 Å². The van der Waals surface area contributed by atoms with E-state index in [0.29, 0.717) is 18.4 Å². The van der Waals surface area contributed by atoms with Gasteiger partial charge in [0.1, 0.15) is 4.90 Å². The van der Waals surface area contributed by atoms with Crippen LogP contribution in [0.1, 0.15) is 18.4 Å². The summed E-state index contributed by atoms with van der Waals surface area (Å²) >= 11 is 5.70. The fourth-order valence-electron chi connectivity index (χ4n) is 2.44. The van der Waals surface area contributed by atoms with Crippen molar-refractivity contribution in [1.82, 2.24) is 10.0 Å². The summed E-state index contributed by atoms with van der Waals surface area (Å²) in [7, 11) is -4.32. The largest absolute Gasteiger partial charge is 0.417 e. The number of alkyl halides is 3. The van der Waals surface area contributed by atoms with Crippen molar-refractivity contribution in [3.8, 4) is 0 Å². The van der Waals surface area contributed by atoms with Crippen LogP contribution in [0.15, 0.2) is 23.1 Å². The van der Waals surface area contributed by atoms with Crippen LogP contribution < -0.4 is 10.0 Å². The topological polar surface area (TPSA) is 58.2 Å². The highest BCUT2D eigenvalue weighted by Gasteiger charge is 2.38. The maximum Gasteiger partial charge on any atom is 0.417 e. The van der Waals surface area contributed by atoms with Crippen LogP contribution in [0.5, 0.6) is 0 Å². The Morgan fingerprint density at radius 3 is 2.68 bits per heavy atom. The lowest BCUT2D eigenvalue weighted by Gasteiger charge is -2.16. The van der Waals surface area contributed by atoms with Crippen LogP contribution >= 0.6 is 11.6 Å². The van der Waals surface area contributed by atoms with Gasteiger partial charge < -0.3 is 5.32 Å². The third-order valence-corrected chi connectivity index (χ3v) is 5.54. The Morgan fingerprint density at radius 2 is 2.09 bits per heavy atom. The van der Waals surface area contributed by atoms with Crippen molar-refractivity contribution in [1.29, 1.82) is 0 Å². The Hall–Kier alpha value is -0.830. The van der Waals surface area contributed by atoms with Gasteiger partial charge in [-0.2, -0.15) is 13.2 Å². The molecule has 1 aromatic rings. The van der Waals surface area contributed by atoms with Crippen LogP contribution in [0, 0.1) is 5.92 Å². The fraction of sp³-hybridized carbons (Fsp3) is 0.538. The predicted molar refractivity (Wildman–Crippen MR) is 77.2 cm³/mol. The summed E-state index contributed by atoms with van der Waals surface area (Å²) in [6.07, 6.45) is -3.29. The van der Waals surface area contributed by atoms with Crippen LogP contribution in [0.4, 0.5) is 13.2 Å². The van der Waals surface area contributed by atoms with Gasteiger partial charge in [0.15, 0.2) is 0 Å². The number of benzene rings is 1. The summed E-state index contributed by atoms with van der Waals surface area (Å²) in [6.45, 7) is 1.75. The molecule has 1 aromatic carbocycles. The molecule has 9 heteroatoms. The molecule has 1 fully saturated rings. The number of rotatable bonds is 5. The van der Waals surface area contributed by atoms with Gasteiger partial charge >= 0.3 is 6.18 Å². The lowest BCUT2D eigenvalue weighted by molar-refractivity contribution is -0.139. The monoisotopic (exact) mass is 356 g/mol. The first-order valence-electron chi connectivity index (χ1n) is 6.78. The Labute approximate surface area is 132 Å². The Balaban J connectivity index is 2.18. The highest BCUT2D eigenvalue weighted by Crippen LogP contribution is 2.37. The van der Waals surface area contributed by atoms with Crippen LogP contribution in [0.3, 0.4) is 0 Å². The summed E-state index contributed by atoms with van der Waals surface area (Å²) < 4.78 is 65.5. The SMILES string of the molecule is O=S(=O)(NCCC1CCNC1)c1c(Cl)cccc1C(F)(F)F. The summed E-state index contributed by atoms with van der Waals surface area (Å²) in [5, 5.41) is 2.70. The molecule has 124 valence electrons. The first-order valence-corrected chi connectivity index (χ1v) is 8.64. The number of hydrogen-bond donors (Lipinski definition) is 2. The van der Waals surface area contributed by atoms with Crippen LogP contribution in [0.25, 0.3) is 0 Å². The lowest BCUT2D eigenvalue weighted by atomic mass is 10.1. The van der Waals surface area contributed by atoms with E-state index in [4.69, 9.17) is 11.6 Å². The van der Waals surface area contributed by atoms with E-state index in [1.165, 1.54) is 0 Å². The molecule has 1 heterocycles. The van der Waals surface area contributed by atoms with Gasteiger partial charge in [0.2, 0.25) is 10.0 Å². The molecule has 0 spiro atoms. The molecule has 0 bridgehead atoms. The van der Waals surface area contributed by atoms with Gasteiger partial charge in [0.05, 0.1) is 10.6 Å². The van der Waals surface area contributed by atoms with Crippen molar-refractivity contribution < 1.29 is 21.6 Å². The summed E-state index contributed by atoms with van der Waals surface area (Å²) in [5.41, 5.74) is -1.25. The minimum atomic E-state index is -4.79. The van der Waals surface area contributed by atoms with Crippen molar-refractivity contribution in [2.75, 3.05) is 19.6 Å². The fourth-order valence-corrected chi connectivity index (χ4v) is 4.24. The highest BCUT2D eigenvalue weighted by molar-refractivity contribution is 7.89. The first kappa shape index (κ1) is 17.5. The molecule has 4 nitrogen and oxygen atoms in total. The van der Waals surface area contributed by atoms with Crippen molar-refractivity contribution in [2.24, 2.45) is 5.92 Å². The molecule has 1 unspecified atom stereocenters. The molecule has 2 rings (SSSR count).